The predicted octanol–water partition coefficient (Wildman–Crippen LogP) is 4.14. The first kappa shape index (κ1) is 14.0. The van der Waals surface area contributed by atoms with E-state index in [1.54, 1.807) is 30.3 Å². The molecule has 1 atom stereocenters. The zero-order valence-electron chi connectivity index (χ0n) is 10.5. The van der Waals surface area contributed by atoms with Crippen LogP contribution >= 0.6 is 15.9 Å². The minimum Gasteiger partial charge on any atom is -0.508 e. The van der Waals surface area contributed by atoms with Crippen molar-refractivity contribution in [1.29, 1.82) is 0 Å². The smallest absolute Gasteiger partial charge is 0.128 e. The van der Waals surface area contributed by atoms with Crippen molar-refractivity contribution in [2.24, 2.45) is 0 Å². The number of hydrogen-bond acceptors (Lipinski definition) is 2. The molecule has 0 saturated carbocycles. The summed E-state index contributed by atoms with van der Waals surface area (Å²) >= 11 is 3.34. The predicted molar refractivity (Wildman–Crippen MR) is 77.5 cm³/mol. The Kier molecular flexibility index (Phi) is 4.56. The third-order valence-electron chi connectivity index (χ3n) is 2.95. The monoisotopic (exact) mass is 323 g/mol. The molecule has 2 aromatic rings. The van der Waals surface area contributed by atoms with Gasteiger partial charge < -0.3 is 10.4 Å². The van der Waals surface area contributed by atoms with Crippen LogP contribution in [0.3, 0.4) is 0 Å². The number of phenols is 1. The molecule has 0 unspecified atom stereocenters. The van der Waals surface area contributed by atoms with Gasteiger partial charge in [0.1, 0.15) is 11.6 Å². The average molecular weight is 324 g/mol. The molecule has 2 aromatic carbocycles. The van der Waals surface area contributed by atoms with Crippen molar-refractivity contribution >= 4 is 15.9 Å². The van der Waals surface area contributed by atoms with Crippen LogP contribution in [0, 0.1) is 5.82 Å². The summed E-state index contributed by atoms with van der Waals surface area (Å²) in [5, 5.41) is 12.6. The van der Waals surface area contributed by atoms with Crippen LogP contribution in [-0.4, -0.2) is 5.11 Å². The largest absolute Gasteiger partial charge is 0.508 e. The van der Waals surface area contributed by atoms with Gasteiger partial charge in [0.2, 0.25) is 0 Å². The van der Waals surface area contributed by atoms with E-state index in [1.807, 2.05) is 13.0 Å². The highest BCUT2D eigenvalue weighted by Gasteiger charge is 2.10. The zero-order chi connectivity index (χ0) is 13.8. The lowest BCUT2D eigenvalue weighted by molar-refractivity contribution is 0.473. The summed E-state index contributed by atoms with van der Waals surface area (Å²) in [5.74, 6) is 0.0136. The molecule has 0 bridgehead atoms. The van der Waals surface area contributed by atoms with E-state index in [4.69, 9.17) is 0 Å². The fraction of sp³-hybridized carbons (Fsp3) is 0.200. The molecule has 0 radical (unpaired) electrons. The fourth-order valence-electron chi connectivity index (χ4n) is 1.89. The molecule has 0 aliphatic carbocycles. The molecule has 0 spiro atoms. The van der Waals surface area contributed by atoms with E-state index in [-0.39, 0.29) is 17.6 Å². The van der Waals surface area contributed by atoms with Crippen molar-refractivity contribution in [3.8, 4) is 5.75 Å². The number of phenolic OH excluding ortho intramolecular Hbond substituents is 1. The van der Waals surface area contributed by atoms with Gasteiger partial charge in [0.15, 0.2) is 0 Å². The third kappa shape index (κ3) is 3.78. The number of nitrogens with one attached hydrogen (secondary N) is 1. The van der Waals surface area contributed by atoms with E-state index >= 15 is 0 Å². The molecule has 0 amide bonds. The number of halogens is 2. The van der Waals surface area contributed by atoms with Gasteiger partial charge in [-0.1, -0.05) is 28.1 Å². The molecule has 0 heterocycles. The number of rotatable bonds is 4. The number of hydrogen-bond donors (Lipinski definition) is 2. The van der Waals surface area contributed by atoms with Crippen molar-refractivity contribution in [2.75, 3.05) is 0 Å². The maximum absolute atomic E-state index is 13.7. The van der Waals surface area contributed by atoms with Crippen LogP contribution in [0.1, 0.15) is 24.1 Å². The summed E-state index contributed by atoms with van der Waals surface area (Å²) in [7, 11) is 0. The molecule has 2 N–H and O–H groups in total. The second kappa shape index (κ2) is 6.17. The summed E-state index contributed by atoms with van der Waals surface area (Å²) in [5.41, 5.74) is 1.58. The van der Waals surface area contributed by atoms with E-state index < -0.39 is 0 Å². The number of benzene rings is 2. The van der Waals surface area contributed by atoms with Gasteiger partial charge in [-0.25, -0.2) is 4.39 Å². The van der Waals surface area contributed by atoms with Crippen LogP contribution in [0.4, 0.5) is 4.39 Å². The molecule has 19 heavy (non-hydrogen) atoms. The molecule has 2 rings (SSSR count). The quantitative estimate of drug-likeness (QED) is 0.886. The van der Waals surface area contributed by atoms with E-state index in [9.17, 15) is 9.50 Å². The first-order valence-corrected chi connectivity index (χ1v) is 6.82. The van der Waals surface area contributed by atoms with Crippen molar-refractivity contribution in [3.63, 3.8) is 0 Å². The topological polar surface area (TPSA) is 32.3 Å². The summed E-state index contributed by atoms with van der Waals surface area (Å²) < 4.78 is 14.6. The summed E-state index contributed by atoms with van der Waals surface area (Å²) in [4.78, 5) is 0. The van der Waals surface area contributed by atoms with Crippen LogP contribution in [0.5, 0.6) is 5.75 Å². The Morgan fingerprint density at radius 3 is 2.79 bits per heavy atom. The minimum absolute atomic E-state index is 0.111. The molecular weight excluding hydrogens is 309 g/mol. The Bertz CT molecular complexity index is 574. The summed E-state index contributed by atoms with van der Waals surface area (Å²) in [6.07, 6.45) is 0. The van der Waals surface area contributed by atoms with Gasteiger partial charge in [-0.15, -0.1) is 0 Å². The van der Waals surface area contributed by atoms with Gasteiger partial charge in [-0.3, -0.25) is 0 Å². The lowest BCUT2D eigenvalue weighted by Crippen LogP contribution is -2.19. The van der Waals surface area contributed by atoms with E-state index in [1.165, 1.54) is 6.07 Å². The molecule has 4 heteroatoms. The maximum atomic E-state index is 13.7. The Morgan fingerprint density at radius 2 is 2.05 bits per heavy atom. The highest BCUT2D eigenvalue weighted by molar-refractivity contribution is 9.10. The maximum Gasteiger partial charge on any atom is 0.128 e. The third-order valence-corrected chi connectivity index (χ3v) is 3.44. The van der Waals surface area contributed by atoms with Gasteiger partial charge in [-0.2, -0.15) is 0 Å². The molecular formula is C15H15BrFNO. The van der Waals surface area contributed by atoms with Gasteiger partial charge in [0, 0.05) is 22.6 Å². The van der Waals surface area contributed by atoms with Gasteiger partial charge in [0.05, 0.1) is 0 Å². The first-order valence-electron chi connectivity index (χ1n) is 6.02. The summed E-state index contributed by atoms with van der Waals surface area (Å²) in [6.45, 7) is 2.48. The standard InChI is InChI=1S/C15H15BrFNO/c1-10(14-8-12(16)5-6-15(14)17)18-9-11-3-2-4-13(19)7-11/h2-8,10,18-19H,9H2,1H3/t10-/m0/s1. The van der Waals surface area contributed by atoms with Gasteiger partial charge in [-0.05, 0) is 42.8 Å². The lowest BCUT2D eigenvalue weighted by Gasteiger charge is -2.15. The highest BCUT2D eigenvalue weighted by Crippen LogP contribution is 2.22. The zero-order valence-corrected chi connectivity index (χ0v) is 12.1. The van der Waals surface area contributed by atoms with Crippen LogP contribution in [0.15, 0.2) is 46.9 Å². The molecule has 0 aromatic heterocycles. The van der Waals surface area contributed by atoms with Crippen molar-refractivity contribution < 1.29 is 9.50 Å². The lowest BCUT2D eigenvalue weighted by atomic mass is 10.1. The molecule has 0 aliphatic rings. The molecule has 2 nitrogen and oxygen atoms in total. The first-order chi connectivity index (χ1) is 9.06. The second-order valence-corrected chi connectivity index (χ2v) is 5.35. The van der Waals surface area contributed by atoms with E-state index in [0.29, 0.717) is 12.1 Å². The van der Waals surface area contributed by atoms with Crippen LogP contribution in [0.2, 0.25) is 0 Å². The van der Waals surface area contributed by atoms with Crippen LogP contribution in [-0.2, 0) is 6.54 Å². The van der Waals surface area contributed by atoms with E-state index in [0.717, 1.165) is 10.0 Å². The van der Waals surface area contributed by atoms with Crippen LogP contribution in [0.25, 0.3) is 0 Å². The highest BCUT2D eigenvalue weighted by atomic mass is 79.9. The Hall–Kier alpha value is -1.39. The van der Waals surface area contributed by atoms with Crippen LogP contribution < -0.4 is 5.32 Å². The van der Waals surface area contributed by atoms with Crippen molar-refractivity contribution in [3.05, 3.63) is 63.9 Å². The Morgan fingerprint density at radius 1 is 1.26 bits per heavy atom. The molecule has 100 valence electrons. The fourth-order valence-corrected chi connectivity index (χ4v) is 2.27. The minimum atomic E-state index is -0.223. The van der Waals surface area contributed by atoms with Gasteiger partial charge in [0.25, 0.3) is 0 Å². The summed E-state index contributed by atoms with van der Waals surface area (Å²) in [6, 6.07) is 11.8. The second-order valence-electron chi connectivity index (χ2n) is 4.44. The Labute approximate surface area is 120 Å². The molecule has 0 aliphatic heterocycles. The number of aromatic hydroxyl groups is 1. The normalized spacial score (nSPS) is 12.4. The van der Waals surface area contributed by atoms with E-state index in [2.05, 4.69) is 21.2 Å². The van der Waals surface area contributed by atoms with Gasteiger partial charge >= 0.3 is 0 Å². The van der Waals surface area contributed by atoms with Crippen molar-refractivity contribution in [1.82, 2.24) is 5.32 Å². The molecule has 0 saturated heterocycles. The SMILES string of the molecule is C[C@H](NCc1cccc(O)c1)c1cc(Br)ccc1F. The Balaban J connectivity index is 2.05. The molecule has 0 fully saturated rings. The average Bonchev–Trinajstić information content (AvgIpc) is 2.39. The van der Waals surface area contributed by atoms with Crippen molar-refractivity contribution in [2.45, 2.75) is 19.5 Å².